The number of carbonyl (C=O) groups excluding carboxylic acids is 1. The minimum atomic E-state index is -0.884. The lowest BCUT2D eigenvalue weighted by Gasteiger charge is -2.61. The van der Waals surface area contributed by atoms with E-state index in [4.69, 9.17) is 9.62 Å². The van der Waals surface area contributed by atoms with Crippen molar-refractivity contribution < 1.29 is 24.8 Å². The zero-order chi connectivity index (χ0) is 34.6. The molecule has 2 N–H and O–H groups in total. The highest BCUT2D eigenvalue weighted by Crippen LogP contribution is 2.65. The van der Waals surface area contributed by atoms with Crippen molar-refractivity contribution in [1.82, 2.24) is 0 Å². The monoisotopic (exact) mass is 662 g/mol. The van der Waals surface area contributed by atoms with Gasteiger partial charge in [-0.3, -0.25) is 10.1 Å². The van der Waals surface area contributed by atoms with Crippen LogP contribution < -0.4 is 0 Å². The summed E-state index contributed by atoms with van der Waals surface area (Å²) in [5.41, 5.74) is 8.54. The maximum atomic E-state index is 14.0. The van der Waals surface area contributed by atoms with E-state index in [2.05, 4.69) is 67.5 Å². The van der Waals surface area contributed by atoms with Gasteiger partial charge in [-0.25, -0.2) is 4.89 Å². The first-order valence-corrected chi connectivity index (χ1v) is 19.6. The number of allylic oxidation sites excluding steroid dienone is 8. The molecular weight excluding hydrogens is 596 g/mol. The molecule has 268 valence electrons. The summed E-state index contributed by atoms with van der Waals surface area (Å²) in [6, 6.07) is 0. The van der Waals surface area contributed by atoms with Gasteiger partial charge in [0, 0.05) is 11.8 Å². The molecule has 0 aromatic heterocycles. The average Bonchev–Trinajstić information content (AvgIpc) is 3.05. The molecule has 4 fully saturated rings. The van der Waals surface area contributed by atoms with Crippen LogP contribution in [0.15, 0.2) is 45.6 Å². The van der Waals surface area contributed by atoms with E-state index >= 15 is 0 Å². The number of carbonyl (C=O) groups is 1. The van der Waals surface area contributed by atoms with Crippen LogP contribution in [0.1, 0.15) is 152 Å². The molecule has 0 aromatic rings. The maximum Gasteiger partial charge on any atom is 0.312 e. The second-order valence-electron chi connectivity index (χ2n) is 18.6. The Morgan fingerprint density at radius 3 is 1.83 bits per heavy atom. The molecule has 0 amide bonds. The predicted molar refractivity (Wildman–Crippen MR) is 193 cm³/mol. The predicted octanol–water partition coefficient (Wildman–Crippen LogP) is 10.7. The Morgan fingerprint density at radius 1 is 0.771 bits per heavy atom. The highest BCUT2D eigenvalue weighted by molar-refractivity contribution is 5.77. The standard InChI is InChI=1S/C43H66O5/c1-27(2)29-11-15-34-31(23-29)13-17-36-40(34,5)19-9-21-42(36,7)38(48-46)25-33(44)26-47-39(45)43(8)22-10-20-41(6)35-16-12-30(28(3)4)24-32(35)14-18-37(41)43/h23-24,33-38,44,46H,9-22,25-26H2,1-8H3. The first-order valence-electron chi connectivity index (χ1n) is 19.6. The third-order valence-corrected chi connectivity index (χ3v) is 15.6. The van der Waals surface area contributed by atoms with Crippen molar-refractivity contribution >= 4 is 5.97 Å². The van der Waals surface area contributed by atoms with E-state index in [-0.39, 0.29) is 41.2 Å². The third kappa shape index (κ3) is 6.04. The molecule has 10 unspecified atom stereocenters. The van der Waals surface area contributed by atoms with Gasteiger partial charge in [-0.2, -0.15) is 0 Å². The van der Waals surface area contributed by atoms with E-state index in [1.54, 1.807) is 11.1 Å². The molecule has 6 aliphatic carbocycles. The van der Waals surface area contributed by atoms with Crippen LogP contribution in [0.3, 0.4) is 0 Å². The lowest BCUT2D eigenvalue weighted by atomic mass is 9.44. The van der Waals surface area contributed by atoms with Crippen LogP contribution >= 0.6 is 0 Å². The zero-order valence-electron chi connectivity index (χ0n) is 31.6. The molecule has 0 aliphatic heterocycles. The van der Waals surface area contributed by atoms with Gasteiger partial charge in [-0.05, 0) is 157 Å². The molecule has 6 rings (SSSR count). The second-order valence-corrected chi connectivity index (χ2v) is 18.6. The summed E-state index contributed by atoms with van der Waals surface area (Å²) < 4.78 is 6.06. The summed E-state index contributed by atoms with van der Waals surface area (Å²) >= 11 is 0. The fraction of sp³-hybridized carbons (Fsp3) is 0.791. The third-order valence-electron chi connectivity index (χ3n) is 15.6. The van der Waals surface area contributed by atoms with E-state index in [0.717, 1.165) is 70.6 Å². The van der Waals surface area contributed by atoms with Crippen LogP contribution in [0.4, 0.5) is 0 Å². The first kappa shape index (κ1) is 36.1. The number of hydrogen-bond donors (Lipinski definition) is 2. The van der Waals surface area contributed by atoms with Gasteiger partial charge >= 0.3 is 5.97 Å². The summed E-state index contributed by atoms with van der Waals surface area (Å²) in [6.07, 6.45) is 19.1. The van der Waals surface area contributed by atoms with Crippen molar-refractivity contribution in [1.29, 1.82) is 0 Å². The largest absolute Gasteiger partial charge is 0.463 e. The van der Waals surface area contributed by atoms with Crippen LogP contribution in [0.5, 0.6) is 0 Å². The van der Waals surface area contributed by atoms with Crippen molar-refractivity contribution in [2.45, 2.75) is 164 Å². The van der Waals surface area contributed by atoms with Gasteiger partial charge in [0.2, 0.25) is 0 Å². The van der Waals surface area contributed by atoms with E-state index in [1.807, 2.05) is 0 Å². The van der Waals surface area contributed by atoms with Crippen molar-refractivity contribution in [3.8, 4) is 0 Å². The fourth-order valence-corrected chi connectivity index (χ4v) is 12.9. The van der Waals surface area contributed by atoms with Crippen molar-refractivity contribution in [3.63, 3.8) is 0 Å². The van der Waals surface area contributed by atoms with Crippen molar-refractivity contribution in [2.24, 2.45) is 45.3 Å². The van der Waals surface area contributed by atoms with Crippen molar-refractivity contribution in [3.05, 3.63) is 45.6 Å². The normalized spacial score (nSPS) is 40.6. The summed E-state index contributed by atoms with van der Waals surface area (Å²) in [4.78, 5) is 19.3. The molecule has 0 saturated heterocycles. The van der Waals surface area contributed by atoms with Crippen LogP contribution in [0.25, 0.3) is 0 Å². The Hall–Kier alpha value is -1.69. The molecule has 0 spiro atoms. The van der Waals surface area contributed by atoms with Crippen LogP contribution in [-0.2, 0) is 14.4 Å². The minimum absolute atomic E-state index is 0.0464. The molecule has 48 heavy (non-hydrogen) atoms. The molecular formula is C43H66O5. The highest BCUT2D eigenvalue weighted by Gasteiger charge is 2.60. The molecule has 4 saturated carbocycles. The number of ether oxygens (including phenoxy) is 1. The Balaban J connectivity index is 1.12. The van der Waals surface area contributed by atoms with Crippen molar-refractivity contribution in [2.75, 3.05) is 6.61 Å². The average molecular weight is 663 g/mol. The van der Waals surface area contributed by atoms with Crippen LogP contribution in [-0.4, -0.2) is 35.1 Å². The smallest absolute Gasteiger partial charge is 0.312 e. The highest BCUT2D eigenvalue weighted by atomic mass is 17.1. The van der Waals surface area contributed by atoms with Gasteiger partial charge in [0.15, 0.2) is 0 Å². The zero-order valence-corrected chi connectivity index (χ0v) is 31.6. The van der Waals surface area contributed by atoms with E-state index < -0.39 is 17.6 Å². The SMILES string of the molecule is CC(C)=C1C=C2CCC3C(C)(C(=O)OCC(O)CC(OO)C4(C)CCCC5(C)C6CCC(=C(C)C)C=C6CCC45)CCCC3(C)C2CC1. The number of aliphatic hydroxyl groups excluding tert-OH is 1. The molecule has 0 heterocycles. The molecule has 5 heteroatoms. The Morgan fingerprint density at radius 2 is 1.29 bits per heavy atom. The molecule has 10 atom stereocenters. The van der Waals surface area contributed by atoms with E-state index in [9.17, 15) is 15.2 Å². The molecule has 0 aromatic carbocycles. The number of rotatable bonds is 7. The number of aliphatic hydroxyl groups is 1. The molecule has 5 nitrogen and oxygen atoms in total. The molecule has 0 bridgehead atoms. The van der Waals surface area contributed by atoms with Gasteiger partial charge in [0.25, 0.3) is 0 Å². The van der Waals surface area contributed by atoms with Crippen LogP contribution in [0, 0.1) is 45.3 Å². The van der Waals surface area contributed by atoms with Crippen LogP contribution in [0.2, 0.25) is 0 Å². The minimum Gasteiger partial charge on any atom is -0.463 e. The van der Waals surface area contributed by atoms with Gasteiger partial charge < -0.3 is 9.84 Å². The Kier molecular flexibility index (Phi) is 10.1. The first-order chi connectivity index (χ1) is 22.7. The van der Waals surface area contributed by atoms with Gasteiger partial charge in [0.05, 0.1) is 11.5 Å². The quantitative estimate of drug-likeness (QED) is 0.161. The lowest BCUT2D eigenvalue weighted by Crippen LogP contribution is -2.56. The topological polar surface area (TPSA) is 76.0 Å². The van der Waals surface area contributed by atoms with Gasteiger partial charge in [-0.15, -0.1) is 0 Å². The van der Waals surface area contributed by atoms with Gasteiger partial charge in [-0.1, -0.05) is 68.1 Å². The molecule has 0 radical (unpaired) electrons. The van der Waals surface area contributed by atoms with E-state index in [1.165, 1.54) is 41.6 Å². The van der Waals surface area contributed by atoms with Gasteiger partial charge in [0.1, 0.15) is 12.7 Å². The summed E-state index contributed by atoms with van der Waals surface area (Å²) in [7, 11) is 0. The summed E-state index contributed by atoms with van der Waals surface area (Å²) in [6.45, 7) is 18.2. The second kappa shape index (κ2) is 13.5. The number of fused-ring (bicyclic) bond motifs is 6. The fourth-order valence-electron chi connectivity index (χ4n) is 12.9. The summed E-state index contributed by atoms with van der Waals surface area (Å²) in [5, 5.41) is 21.7. The molecule has 6 aliphatic rings. The number of esters is 1. The lowest BCUT2D eigenvalue weighted by molar-refractivity contribution is -0.323. The Bertz CT molecular complexity index is 1380. The summed E-state index contributed by atoms with van der Waals surface area (Å²) in [5.74, 6) is 1.64. The Labute approximate surface area is 291 Å². The number of hydrogen-bond acceptors (Lipinski definition) is 5. The maximum absolute atomic E-state index is 14.0. The van der Waals surface area contributed by atoms with E-state index in [0.29, 0.717) is 17.8 Å².